The highest BCUT2D eigenvalue weighted by molar-refractivity contribution is 6.02. The van der Waals surface area contributed by atoms with Crippen LogP contribution in [0.15, 0.2) is 30.3 Å². The van der Waals surface area contributed by atoms with Crippen LogP contribution in [-0.4, -0.2) is 77.1 Å². The van der Waals surface area contributed by atoms with Crippen molar-refractivity contribution in [1.82, 2.24) is 15.1 Å². The first-order valence-corrected chi connectivity index (χ1v) is 9.53. The van der Waals surface area contributed by atoms with E-state index in [1.165, 1.54) is 18.9 Å². The van der Waals surface area contributed by atoms with E-state index in [2.05, 4.69) is 5.32 Å². The molecule has 9 nitrogen and oxygen atoms in total. The third kappa shape index (κ3) is 5.54. The summed E-state index contributed by atoms with van der Waals surface area (Å²) in [6.07, 6.45) is 0.970. The quantitative estimate of drug-likeness (QED) is 0.586. The average molecular weight is 405 g/mol. The Balaban J connectivity index is 2.09. The number of benzene rings is 1. The predicted molar refractivity (Wildman–Crippen MR) is 104 cm³/mol. The summed E-state index contributed by atoms with van der Waals surface area (Å²) in [4.78, 5) is 50.8. The third-order valence-electron chi connectivity index (χ3n) is 4.77. The van der Waals surface area contributed by atoms with Crippen molar-refractivity contribution in [1.29, 1.82) is 0 Å². The zero-order valence-electron chi connectivity index (χ0n) is 16.8. The summed E-state index contributed by atoms with van der Waals surface area (Å²) in [7, 11) is 1.44. The Morgan fingerprint density at radius 3 is 2.52 bits per heavy atom. The lowest BCUT2D eigenvalue weighted by atomic mass is 10.0. The maximum absolute atomic E-state index is 12.8. The van der Waals surface area contributed by atoms with E-state index in [1.807, 2.05) is 30.3 Å². The van der Waals surface area contributed by atoms with Gasteiger partial charge in [0.05, 0.1) is 19.2 Å². The van der Waals surface area contributed by atoms with Gasteiger partial charge in [0, 0.05) is 7.05 Å². The number of aryl methyl sites for hydroxylation is 1. The second-order valence-corrected chi connectivity index (χ2v) is 6.94. The number of urea groups is 1. The number of carbonyl (C=O) groups is 4. The van der Waals surface area contributed by atoms with Crippen LogP contribution in [0.1, 0.15) is 25.8 Å². The fraction of sp³-hybridized carbons (Fsp3) is 0.500. The number of likely N-dealkylation sites (N-methyl/N-ethyl adjacent to an activating group) is 1. The Hall–Kier alpha value is -2.94. The van der Waals surface area contributed by atoms with Gasteiger partial charge in [-0.1, -0.05) is 30.3 Å². The number of amides is 3. The zero-order chi connectivity index (χ0) is 21.6. The van der Waals surface area contributed by atoms with Crippen molar-refractivity contribution in [2.75, 3.05) is 20.2 Å². The Morgan fingerprint density at radius 2 is 1.93 bits per heavy atom. The normalized spacial score (nSPS) is 18.4. The largest absolute Gasteiger partial charge is 0.480 e. The molecule has 0 saturated carbocycles. The Morgan fingerprint density at radius 1 is 1.28 bits per heavy atom. The monoisotopic (exact) mass is 405 g/mol. The highest BCUT2D eigenvalue weighted by Gasteiger charge is 2.45. The van der Waals surface area contributed by atoms with E-state index in [9.17, 15) is 24.3 Å². The van der Waals surface area contributed by atoms with Crippen molar-refractivity contribution < 1.29 is 29.0 Å². The molecule has 1 aliphatic rings. The number of hydrogen-bond acceptors (Lipinski definition) is 6. The van der Waals surface area contributed by atoms with E-state index in [4.69, 9.17) is 4.74 Å². The lowest BCUT2D eigenvalue weighted by molar-refractivity contribution is -0.148. The van der Waals surface area contributed by atoms with Crippen LogP contribution in [0.3, 0.4) is 0 Å². The molecule has 1 unspecified atom stereocenters. The standard InChI is InChI=1S/C20H27N3O6/c1-4-29-19(27)15(11-10-14-8-6-5-7-9-14)21-13(2)17(24)23-16(18(25)26)12-22(3)20(23)28/h5-9,13,15-16,21H,4,10-12H2,1-3H3,(H,25,26)/t13-,15-,16?/m0/s1. The SMILES string of the molecule is CCOC(=O)[C@H](CCc1ccccc1)N[C@@H](C)C(=O)N1C(=O)N(C)CC1C(=O)O. The number of aliphatic carboxylic acids is 1. The van der Waals surface area contributed by atoms with Gasteiger partial charge in [-0.2, -0.15) is 0 Å². The number of imide groups is 1. The molecule has 3 atom stereocenters. The van der Waals surface area contributed by atoms with Gasteiger partial charge in [-0.05, 0) is 32.3 Å². The fourth-order valence-corrected chi connectivity index (χ4v) is 3.22. The second-order valence-electron chi connectivity index (χ2n) is 6.94. The van der Waals surface area contributed by atoms with Crippen LogP contribution >= 0.6 is 0 Å². The number of nitrogens with zero attached hydrogens (tertiary/aromatic N) is 2. The van der Waals surface area contributed by atoms with Crippen LogP contribution in [-0.2, 0) is 25.5 Å². The summed E-state index contributed by atoms with van der Waals surface area (Å²) in [6, 6.07) is 5.92. The summed E-state index contributed by atoms with van der Waals surface area (Å²) < 4.78 is 5.10. The summed E-state index contributed by atoms with van der Waals surface area (Å²) in [5, 5.41) is 12.2. The van der Waals surface area contributed by atoms with Crippen LogP contribution in [0, 0.1) is 0 Å². The molecule has 1 aromatic rings. The van der Waals surface area contributed by atoms with Crippen LogP contribution in [0.25, 0.3) is 0 Å². The molecule has 1 aliphatic heterocycles. The number of hydrogen-bond donors (Lipinski definition) is 2. The maximum atomic E-state index is 12.8. The van der Waals surface area contributed by atoms with Crippen LogP contribution in [0.5, 0.6) is 0 Å². The van der Waals surface area contributed by atoms with E-state index < -0.39 is 42.0 Å². The topological polar surface area (TPSA) is 116 Å². The summed E-state index contributed by atoms with van der Waals surface area (Å²) >= 11 is 0. The number of rotatable bonds is 9. The van der Waals surface area contributed by atoms with E-state index in [0.717, 1.165) is 10.5 Å². The minimum atomic E-state index is -1.26. The number of carbonyl (C=O) groups excluding carboxylic acids is 3. The van der Waals surface area contributed by atoms with E-state index in [-0.39, 0.29) is 13.2 Å². The van der Waals surface area contributed by atoms with Gasteiger partial charge in [0.2, 0.25) is 5.91 Å². The number of carboxylic acid groups (broad SMARTS) is 1. The first-order valence-electron chi connectivity index (χ1n) is 9.53. The highest BCUT2D eigenvalue weighted by Crippen LogP contribution is 2.17. The number of ether oxygens (including phenoxy) is 1. The molecule has 2 rings (SSSR count). The van der Waals surface area contributed by atoms with E-state index in [1.54, 1.807) is 6.92 Å². The summed E-state index contributed by atoms with van der Waals surface area (Å²) in [5.74, 6) is -2.45. The van der Waals surface area contributed by atoms with Gasteiger partial charge in [-0.25, -0.2) is 14.5 Å². The summed E-state index contributed by atoms with van der Waals surface area (Å²) in [6.45, 7) is 3.31. The first kappa shape index (κ1) is 22.4. The first-order chi connectivity index (χ1) is 13.8. The minimum absolute atomic E-state index is 0.0814. The number of carboxylic acids is 1. The third-order valence-corrected chi connectivity index (χ3v) is 4.77. The highest BCUT2D eigenvalue weighted by atomic mass is 16.5. The van der Waals surface area contributed by atoms with E-state index >= 15 is 0 Å². The van der Waals surface area contributed by atoms with Crippen molar-refractivity contribution in [3.05, 3.63) is 35.9 Å². The fourth-order valence-electron chi connectivity index (χ4n) is 3.22. The minimum Gasteiger partial charge on any atom is -0.480 e. The molecule has 0 aliphatic carbocycles. The van der Waals surface area contributed by atoms with Crippen LogP contribution in [0.2, 0.25) is 0 Å². The molecule has 0 aromatic heterocycles. The van der Waals surface area contributed by atoms with Gasteiger partial charge in [0.1, 0.15) is 6.04 Å². The van der Waals surface area contributed by atoms with Crippen molar-refractivity contribution in [3.8, 4) is 0 Å². The van der Waals surface area contributed by atoms with Crippen molar-refractivity contribution in [2.45, 2.75) is 44.8 Å². The van der Waals surface area contributed by atoms with Crippen molar-refractivity contribution in [2.24, 2.45) is 0 Å². The molecule has 9 heteroatoms. The molecule has 29 heavy (non-hydrogen) atoms. The van der Waals surface area contributed by atoms with Crippen LogP contribution in [0.4, 0.5) is 4.79 Å². The second kappa shape index (κ2) is 10.0. The molecule has 1 fully saturated rings. The smallest absolute Gasteiger partial charge is 0.328 e. The molecule has 1 saturated heterocycles. The number of esters is 1. The molecule has 1 aromatic carbocycles. The summed E-state index contributed by atoms with van der Waals surface area (Å²) in [5.41, 5.74) is 1.03. The lowest BCUT2D eigenvalue weighted by Crippen LogP contribution is -2.54. The Labute approximate surface area is 169 Å². The van der Waals surface area contributed by atoms with Crippen molar-refractivity contribution >= 4 is 23.9 Å². The molecule has 1 heterocycles. The van der Waals surface area contributed by atoms with Gasteiger partial charge >= 0.3 is 18.0 Å². The molecule has 158 valence electrons. The van der Waals surface area contributed by atoms with E-state index in [0.29, 0.717) is 12.8 Å². The maximum Gasteiger partial charge on any atom is 0.328 e. The lowest BCUT2D eigenvalue weighted by Gasteiger charge is -2.26. The van der Waals surface area contributed by atoms with Gasteiger partial charge in [-0.3, -0.25) is 14.9 Å². The molecule has 3 amide bonds. The van der Waals surface area contributed by atoms with Crippen molar-refractivity contribution in [3.63, 3.8) is 0 Å². The average Bonchev–Trinajstić information content (AvgIpc) is 3.00. The van der Waals surface area contributed by atoms with Gasteiger partial charge in [-0.15, -0.1) is 0 Å². The number of nitrogens with one attached hydrogen (secondary N) is 1. The molecule has 0 spiro atoms. The predicted octanol–water partition coefficient (Wildman–Crippen LogP) is 0.876. The Bertz CT molecular complexity index is 754. The van der Waals surface area contributed by atoms with Gasteiger partial charge < -0.3 is 14.7 Å². The Kier molecular flexibility index (Phi) is 7.72. The molecule has 0 bridgehead atoms. The van der Waals surface area contributed by atoms with Crippen LogP contribution < -0.4 is 5.32 Å². The zero-order valence-corrected chi connectivity index (χ0v) is 16.8. The molecular weight excluding hydrogens is 378 g/mol. The molecule has 0 radical (unpaired) electrons. The molecule has 2 N–H and O–H groups in total. The molecular formula is C20H27N3O6. The van der Waals surface area contributed by atoms with Gasteiger partial charge in [0.15, 0.2) is 6.04 Å². The van der Waals surface area contributed by atoms with Gasteiger partial charge in [0.25, 0.3) is 0 Å².